The summed E-state index contributed by atoms with van der Waals surface area (Å²) in [5.74, 6) is 0.425. The molecule has 0 aromatic heterocycles. The summed E-state index contributed by atoms with van der Waals surface area (Å²) in [5, 5.41) is 0. The Kier molecular flexibility index (Phi) is 4.06. The normalized spacial score (nSPS) is 27.2. The van der Waals surface area contributed by atoms with Gasteiger partial charge in [-0.15, -0.1) is 0 Å². The molecule has 0 spiro atoms. The van der Waals surface area contributed by atoms with E-state index >= 15 is 0 Å². The van der Waals surface area contributed by atoms with Gasteiger partial charge in [0, 0.05) is 12.8 Å². The number of nitrogens with one attached hydrogen (secondary N) is 1. The Hall–Kier alpha value is 0.110. The van der Waals surface area contributed by atoms with Crippen molar-refractivity contribution in [1.82, 2.24) is 0 Å². The first-order valence-electron chi connectivity index (χ1n) is 3.12. The third kappa shape index (κ3) is 2.96. The summed E-state index contributed by atoms with van der Waals surface area (Å²) < 4.78 is 0. The van der Waals surface area contributed by atoms with Gasteiger partial charge in [-0.1, -0.05) is 0 Å². The number of ketones is 1. The van der Waals surface area contributed by atoms with Gasteiger partial charge in [-0.3, -0.25) is 4.79 Å². The number of rotatable bonds is 0. The van der Waals surface area contributed by atoms with Crippen molar-refractivity contribution >= 4 is 5.78 Å². The van der Waals surface area contributed by atoms with Crippen molar-refractivity contribution in [2.75, 3.05) is 20.1 Å². The fourth-order valence-corrected chi connectivity index (χ4v) is 1.10. The Morgan fingerprint density at radius 2 is 2.22 bits per heavy atom. The highest BCUT2D eigenvalue weighted by molar-refractivity contribution is 5.79. The van der Waals surface area contributed by atoms with Crippen LogP contribution in [0.3, 0.4) is 0 Å². The van der Waals surface area contributed by atoms with Gasteiger partial charge in [-0.2, -0.15) is 0 Å². The summed E-state index contributed by atoms with van der Waals surface area (Å²) in [6, 6.07) is 0. The van der Waals surface area contributed by atoms with E-state index in [0.29, 0.717) is 5.78 Å². The van der Waals surface area contributed by atoms with Gasteiger partial charge in [-0.05, 0) is 0 Å². The Bertz CT molecular complexity index is 105. The molecule has 0 aromatic rings. The first-order valence-corrected chi connectivity index (χ1v) is 3.12. The molecule has 3 heteroatoms. The minimum absolute atomic E-state index is 0. The van der Waals surface area contributed by atoms with Gasteiger partial charge in [0.15, 0.2) is 5.78 Å². The maximum absolute atomic E-state index is 10.7. The van der Waals surface area contributed by atoms with E-state index in [-0.39, 0.29) is 17.0 Å². The maximum Gasteiger partial charge on any atom is 0.187 e. The monoisotopic (exact) mass is 193 g/mol. The largest absolute Gasteiger partial charge is 1.00 e. The lowest BCUT2D eigenvalue weighted by Gasteiger charge is -2.16. The molecule has 1 N–H and O–H groups in total. The van der Waals surface area contributed by atoms with Gasteiger partial charge in [0.25, 0.3) is 0 Å². The molecule has 1 unspecified atom stereocenters. The molecule has 1 heterocycles. The van der Waals surface area contributed by atoms with Gasteiger partial charge in [0.1, 0.15) is 6.54 Å². The van der Waals surface area contributed by atoms with Gasteiger partial charge in [-0.25, -0.2) is 0 Å². The van der Waals surface area contributed by atoms with Crippen molar-refractivity contribution in [3.63, 3.8) is 0 Å². The van der Waals surface area contributed by atoms with E-state index in [1.165, 1.54) is 11.4 Å². The number of halogens is 1. The summed E-state index contributed by atoms with van der Waals surface area (Å²) >= 11 is 0. The van der Waals surface area contributed by atoms with E-state index in [9.17, 15) is 4.79 Å². The summed E-state index contributed by atoms with van der Waals surface area (Å²) in [5.41, 5.74) is 0. The number of quaternary nitrogens is 1. The van der Waals surface area contributed by atoms with Gasteiger partial charge < -0.3 is 21.9 Å². The second-order valence-corrected chi connectivity index (χ2v) is 2.53. The Labute approximate surface area is 66.0 Å². The van der Waals surface area contributed by atoms with E-state index in [1.54, 1.807) is 0 Å². The van der Waals surface area contributed by atoms with E-state index in [4.69, 9.17) is 0 Å². The molecule has 1 aliphatic rings. The van der Waals surface area contributed by atoms with Crippen molar-refractivity contribution in [2.45, 2.75) is 12.8 Å². The predicted octanol–water partition coefficient (Wildman–Crippen LogP) is -4.13. The Morgan fingerprint density at radius 3 is 2.56 bits per heavy atom. The highest BCUT2D eigenvalue weighted by atomic mass is 79.9. The zero-order valence-corrected chi connectivity index (χ0v) is 7.20. The van der Waals surface area contributed by atoms with Crippen LogP contribution in [0.15, 0.2) is 0 Å². The number of hydrogen-bond donors (Lipinski definition) is 1. The standard InChI is InChI=1S/C6H11NO.BrH/c1-7-4-2-3-6(8)5-7;/h2-5H2,1H3;1H. The molecule has 1 aliphatic heterocycles. The number of hydrogen-bond acceptors (Lipinski definition) is 1. The lowest BCUT2D eigenvalue weighted by molar-refractivity contribution is -0.873. The highest BCUT2D eigenvalue weighted by Gasteiger charge is 2.15. The molecule has 1 atom stereocenters. The molecule has 1 fully saturated rings. The molecule has 0 bridgehead atoms. The minimum Gasteiger partial charge on any atom is -1.00 e. The molecule has 54 valence electrons. The highest BCUT2D eigenvalue weighted by Crippen LogP contribution is 1.89. The van der Waals surface area contributed by atoms with Crippen LogP contribution in [-0.4, -0.2) is 25.9 Å². The molecular formula is C6H12BrNO. The van der Waals surface area contributed by atoms with Crippen molar-refractivity contribution < 1.29 is 26.7 Å². The van der Waals surface area contributed by atoms with E-state index < -0.39 is 0 Å². The third-order valence-electron chi connectivity index (χ3n) is 1.56. The molecule has 0 radical (unpaired) electrons. The van der Waals surface area contributed by atoms with Crippen LogP contribution in [0.4, 0.5) is 0 Å². The summed E-state index contributed by atoms with van der Waals surface area (Å²) in [6.07, 6.45) is 1.90. The fourth-order valence-electron chi connectivity index (χ4n) is 1.10. The van der Waals surface area contributed by atoms with Crippen molar-refractivity contribution in [3.05, 3.63) is 0 Å². The summed E-state index contributed by atoms with van der Waals surface area (Å²) in [7, 11) is 2.07. The van der Waals surface area contributed by atoms with E-state index in [1.807, 2.05) is 0 Å². The molecule has 0 amide bonds. The average molecular weight is 194 g/mol. The number of carbonyl (C=O) groups excluding carboxylic acids is 1. The first kappa shape index (κ1) is 9.11. The molecule has 0 aromatic carbocycles. The zero-order chi connectivity index (χ0) is 5.98. The molecule has 1 rings (SSSR count). The number of piperidine rings is 1. The van der Waals surface area contributed by atoms with Gasteiger partial charge in [0.05, 0.1) is 13.6 Å². The van der Waals surface area contributed by atoms with Crippen LogP contribution in [0, 0.1) is 0 Å². The first-order chi connectivity index (χ1) is 3.79. The number of likely N-dealkylation sites (N-methyl/N-ethyl adjacent to an activating group) is 1. The SMILES string of the molecule is C[NH+]1CCCC(=O)C1.[Br-]. The van der Waals surface area contributed by atoms with Crippen molar-refractivity contribution in [1.29, 1.82) is 0 Å². The molecular weight excluding hydrogens is 182 g/mol. The molecule has 1 saturated heterocycles. The van der Waals surface area contributed by atoms with Crippen molar-refractivity contribution in [2.24, 2.45) is 0 Å². The third-order valence-corrected chi connectivity index (χ3v) is 1.56. The Morgan fingerprint density at radius 1 is 1.56 bits per heavy atom. The quantitative estimate of drug-likeness (QED) is 0.415. The summed E-state index contributed by atoms with van der Waals surface area (Å²) in [4.78, 5) is 12.0. The van der Waals surface area contributed by atoms with E-state index in [0.717, 1.165) is 19.4 Å². The number of Topliss-reactive ketones (excluding diaryl/α,β-unsaturated/α-hetero) is 1. The van der Waals surface area contributed by atoms with E-state index in [2.05, 4.69) is 7.05 Å². The van der Waals surface area contributed by atoms with Crippen LogP contribution in [0.5, 0.6) is 0 Å². The van der Waals surface area contributed by atoms with Crippen molar-refractivity contribution in [3.8, 4) is 0 Å². The molecule has 9 heavy (non-hydrogen) atoms. The Balaban J connectivity index is 0.000000640. The fraction of sp³-hybridized carbons (Fsp3) is 0.833. The molecule has 0 saturated carbocycles. The minimum atomic E-state index is 0. The molecule has 2 nitrogen and oxygen atoms in total. The second kappa shape index (κ2) is 4.01. The lowest BCUT2D eigenvalue weighted by Crippen LogP contribution is -3.10. The van der Waals surface area contributed by atoms with Crippen LogP contribution in [0.2, 0.25) is 0 Å². The maximum atomic E-state index is 10.7. The van der Waals surface area contributed by atoms with Gasteiger partial charge in [0.2, 0.25) is 0 Å². The number of carbonyl (C=O) groups is 1. The summed E-state index contributed by atoms with van der Waals surface area (Å²) in [6.45, 7) is 1.92. The predicted molar refractivity (Wildman–Crippen MR) is 30.9 cm³/mol. The zero-order valence-electron chi connectivity index (χ0n) is 5.61. The van der Waals surface area contributed by atoms with Crippen LogP contribution in [0.1, 0.15) is 12.8 Å². The smallest absolute Gasteiger partial charge is 0.187 e. The average Bonchev–Trinajstić information content (AvgIpc) is 1.64. The van der Waals surface area contributed by atoms with Crippen LogP contribution >= 0.6 is 0 Å². The second-order valence-electron chi connectivity index (χ2n) is 2.53. The van der Waals surface area contributed by atoms with Crippen LogP contribution in [0.25, 0.3) is 0 Å². The van der Waals surface area contributed by atoms with Crippen LogP contribution in [-0.2, 0) is 4.79 Å². The van der Waals surface area contributed by atoms with Crippen LogP contribution < -0.4 is 21.9 Å². The number of likely N-dealkylation sites (tertiary alicyclic amines) is 1. The molecule has 0 aliphatic carbocycles. The lowest BCUT2D eigenvalue weighted by atomic mass is 10.1. The van der Waals surface area contributed by atoms with Gasteiger partial charge >= 0.3 is 0 Å². The topological polar surface area (TPSA) is 21.5 Å².